The lowest BCUT2D eigenvalue weighted by molar-refractivity contribution is -0.142. The highest BCUT2D eigenvalue weighted by Crippen LogP contribution is 2.49. The SMILES string of the molecule is C[C@@H]1[C@@H](C)C/C=C(\F)[C@H](C(=O)N(C)CC2COCCO2)N2CCC[C@@]23CN2CCCCc4cc(Cl)cc3c4COc3ccc(cc32)C(=O)NS1(=O)=O. The molecule has 11 nitrogen and oxygen atoms in total. The van der Waals surface area contributed by atoms with Crippen LogP contribution in [0, 0.1) is 5.92 Å². The number of anilines is 1. The van der Waals surface area contributed by atoms with Gasteiger partial charge in [-0.1, -0.05) is 24.6 Å². The average Bonchev–Trinajstić information content (AvgIpc) is 3.54. The second kappa shape index (κ2) is 14.9. The molecule has 2 fully saturated rings. The van der Waals surface area contributed by atoms with Crippen molar-refractivity contribution in [3.8, 4) is 5.75 Å². The zero-order valence-electron chi connectivity index (χ0n) is 30.0. The maximum absolute atomic E-state index is 17.2. The highest BCUT2D eigenvalue weighted by atomic mass is 35.5. The van der Waals surface area contributed by atoms with Crippen LogP contribution in [-0.2, 0) is 42.9 Å². The number of likely N-dealkylation sites (N-methyl/N-ethyl adjacent to an activating group) is 1. The molecule has 1 spiro atoms. The Kier molecular flexibility index (Phi) is 10.6. The summed E-state index contributed by atoms with van der Waals surface area (Å²) in [6.45, 7) is 6.23. The van der Waals surface area contributed by atoms with Gasteiger partial charge < -0.3 is 24.0 Å². The van der Waals surface area contributed by atoms with Gasteiger partial charge >= 0.3 is 0 Å². The summed E-state index contributed by atoms with van der Waals surface area (Å²) in [7, 11) is -2.48. The molecule has 2 aromatic carbocycles. The number of ether oxygens (including phenoxy) is 3. The molecular formula is C38H48ClFN4O7S. The van der Waals surface area contributed by atoms with Crippen LogP contribution in [0.4, 0.5) is 10.1 Å². The van der Waals surface area contributed by atoms with Gasteiger partial charge in [-0.3, -0.25) is 14.5 Å². The Bertz CT molecular complexity index is 1850. The quantitative estimate of drug-likeness (QED) is 0.464. The predicted octanol–water partition coefficient (Wildman–Crippen LogP) is 4.95. The van der Waals surface area contributed by atoms with Crippen molar-refractivity contribution in [2.75, 3.05) is 57.9 Å². The van der Waals surface area contributed by atoms with E-state index in [0.717, 1.165) is 36.0 Å². The van der Waals surface area contributed by atoms with Gasteiger partial charge in [-0.2, -0.15) is 0 Å². The normalized spacial score (nSPS) is 30.4. The number of rotatable bonds is 3. The van der Waals surface area contributed by atoms with Crippen molar-refractivity contribution in [2.24, 2.45) is 5.92 Å². The van der Waals surface area contributed by atoms with Crippen molar-refractivity contribution in [3.05, 3.63) is 69.5 Å². The number of hydrogen-bond acceptors (Lipinski definition) is 9. The minimum absolute atomic E-state index is 0.0292. The number of carbonyl (C=O) groups excluding carboxylic acids is 2. The first-order valence-corrected chi connectivity index (χ1v) is 20.3. The molecule has 14 heteroatoms. The number of fused-ring (bicyclic) bond motifs is 1. The molecule has 7 bridgehead atoms. The van der Waals surface area contributed by atoms with Gasteiger partial charge in [-0.05, 0) is 98.4 Å². The highest BCUT2D eigenvalue weighted by Gasteiger charge is 2.52. The number of nitrogens with zero attached hydrogens (tertiary/aromatic N) is 3. The second-order valence-corrected chi connectivity index (χ2v) is 17.4. The van der Waals surface area contributed by atoms with Crippen molar-refractivity contribution in [3.63, 3.8) is 0 Å². The Morgan fingerprint density at radius 1 is 1.13 bits per heavy atom. The van der Waals surface area contributed by atoms with Crippen LogP contribution in [0.3, 0.4) is 0 Å². The first-order valence-electron chi connectivity index (χ1n) is 18.3. The summed E-state index contributed by atoms with van der Waals surface area (Å²) >= 11 is 6.92. The lowest BCUT2D eigenvalue weighted by Crippen LogP contribution is -2.59. The van der Waals surface area contributed by atoms with Crippen molar-refractivity contribution in [1.82, 2.24) is 14.5 Å². The van der Waals surface area contributed by atoms with Gasteiger partial charge in [0.05, 0.1) is 42.4 Å². The number of carbonyl (C=O) groups is 2. The van der Waals surface area contributed by atoms with Gasteiger partial charge in [-0.25, -0.2) is 17.5 Å². The fourth-order valence-electron chi connectivity index (χ4n) is 8.55. The van der Waals surface area contributed by atoms with Crippen LogP contribution in [0.5, 0.6) is 5.75 Å². The van der Waals surface area contributed by atoms with Crippen LogP contribution in [0.25, 0.3) is 0 Å². The fraction of sp³-hybridized carbons (Fsp3) is 0.579. The summed E-state index contributed by atoms with van der Waals surface area (Å²) in [5.41, 5.74) is 2.88. The maximum Gasteiger partial charge on any atom is 0.264 e. The predicted molar refractivity (Wildman–Crippen MR) is 196 cm³/mol. The number of amides is 2. The second-order valence-electron chi connectivity index (χ2n) is 14.9. The molecule has 52 heavy (non-hydrogen) atoms. The maximum atomic E-state index is 17.2. The number of halogens is 2. The molecule has 7 rings (SSSR count). The number of sulfonamides is 1. The van der Waals surface area contributed by atoms with Crippen LogP contribution in [0.15, 0.2) is 42.2 Å². The molecular weight excluding hydrogens is 711 g/mol. The summed E-state index contributed by atoms with van der Waals surface area (Å²) in [6, 6.07) is 7.64. The van der Waals surface area contributed by atoms with E-state index in [-0.39, 0.29) is 31.2 Å². The summed E-state index contributed by atoms with van der Waals surface area (Å²) in [5, 5.41) is -0.468. The number of nitrogens with one attached hydrogen (secondary N) is 1. The van der Waals surface area contributed by atoms with Gasteiger partial charge in [-0.15, -0.1) is 0 Å². The van der Waals surface area contributed by atoms with Crippen LogP contribution >= 0.6 is 11.6 Å². The van der Waals surface area contributed by atoms with Crippen molar-refractivity contribution >= 4 is 39.1 Å². The summed E-state index contributed by atoms with van der Waals surface area (Å²) in [4.78, 5) is 34.1. The number of aryl methyl sites for hydroxylation is 1. The molecule has 5 aliphatic heterocycles. The lowest BCUT2D eigenvalue weighted by Gasteiger charge is -2.47. The number of hydrogen-bond donors (Lipinski definition) is 1. The summed E-state index contributed by atoms with van der Waals surface area (Å²) in [6.07, 6.45) is 4.79. The van der Waals surface area contributed by atoms with Gasteiger partial charge in [0, 0.05) is 43.8 Å². The fourth-order valence-corrected chi connectivity index (χ4v) is 10.1. The molecule has 2 saturated heterocycles. The third-order valence-electron chi connectivity index (χ3n) is 11.6. The molecule has 2 aromatic rings. The zero-order chi connectivity index (χ0) is 36.8. The Hall–Kier alpha value is -3.23. The van der Waals surface area contributed by atoms with E-state index in [0.29, 0.717) is 68.8 Å². The molecule has 0 aromatic heterocycles. The molecule has 1 unspecified atom stereocenters. The third kappa shape index (κ3) is 7.06. The zero-order valence-corrected chi connectivity index (χ0v) is 31.6. The van der Waals surface area contributed by atoms with E-state index in [1.54, 1.807) is 32.2 Å². The average molecular weight is 759 g/mol. The first-order chi connectivity index (χ1) is 24.9. The minimum Gasteiger partial charge on any atom is -0.487 e. The largest absolute Gasteiger partial charge is 0.487 e. The standard InChI is InChI=1S/C38H48ClFN4O7S/c1-24-8-10-32(40)35(37(46)42(3)20-29-21-49-15-16-50-29)44-14-6-12-38(44)23-43-13-5-4-7-26-17-28(39)19-31(38)30(26)22-51-34-11-9-27(18-33(34)43)36(45)41-52(47,48)25(24)2/h9-11,17-19,24-25,29,35H,4-8,12-16,20-23H2,1-3H3,(H,41,45)/b32-10-/t24-,25+,29?,35+,38-/m0/s1. The molecule has 0 aliphatic carbocycles. The number of benzene rings is 2. The Balaban J connectivity index is 1.45. The van der Waals surface area contributed by atoms with E-state index in [1.807, 2.05) is 17.0 Å². The molecule has 5 aliphatic rings. The Morgan fingerprint density at radius 2 is 1.96 bits per heavy atom. The molecule has 0 radical (unpaired) electrons. The summed E-state index contributed by atoms with van der Waals surface area (Å²) < 4.78 is 64.5. The van der Waals surface area contributed by atoms with Gasteiger partial charge in [0.1, 0.15) is 24.2 Å². The van der Waals surface area contributed by atoms with E-state index in [1.165, 1.54) is 17.9 Å². The van der Waals surface area contributed by atoms with E-state index >= 15 is 4.39 Å². The van der Waals surface area contributed by atoms with E-state index < -0.39 is 50.4 Å². The molecule has 282 valence electrons. The van der Waals surface area contributed by atoms with Gasteiger partial charge in [0.25, 0.3) is 5.91 Å². The van der Waals surface area contributed by atoms with Gasteiger partial charge in [0.2, 0.25) is 15.9 Å². The van der Waals surface area contributed by atoms with E-state index in [2.05, 4.69) is 9.62 Å². The lowest BCUT2D eigenvalue weighted by atomic mass is 9.79. The van der Waals surface area contributed by atoms with Gasteiger partial charge in [0.15, 0.2) is 0 Å². The minimum atomic E-state index is -4.15. The molecule has 5 atom stereocenters. The molecule has 0 saturated carbocycles. The molecule has 1 N–H and O–H groups in total. The molecule has 2 amide bonds. The topological polar surface area (TPSA) is 118 Å². The molecule has 5 heterocycles. The monoisotopic (exact) mass is 758 g/mol. The summed E-state index contributed by atoms with van der Waals surface area (Å²) in [5.74, 6) is -1.85. The first kappa shape index (κ1) is 37.1. The van der Waals surface area contributed by atoms with Crippen LogP contribution in [0.2, 0.25) is 5.02 Å². The van der Waals surface area contributed by atoms with Crippen molar-refractivity contribution in [1.29, 1.82) is 0 Å². The van der Waals surface area contributed by atoms with Crippen molar-refractivity contribution in [2.45, 2.75) is 81.9 Å². The third-order valence-corrected chi connectivity index (χ3v) is 13.7. The van der Waals surface area contributed by atoms with E-state index in [4.69, 9.17) is 25.8 Å². The van der Waals surface area contributed by atoms with Crippen LogP contribution < -0.4 is 14.4 Å². The van der Waals surface area contributed by atoms with E-state index in [9.17, 15) is 18.0 Å². The number of allylic oxidation sites excluding steroid dienone is 1. The van der Waals surface area contributed by atoms with Crippen LogP contribution in [-0.4, -0.2) is 100 Å². The smallest absolute Gasteiger partial charge is 0.264 e. The van der Waals surface area contributed by atoms with Crippen molar-refractivity contribution < 1.29 is 36.6 Å². The van der Waals surface area contributed by atoms with Crippen LogP contribution in [0.1, 0.15) is 73.0 Å². The highest BCUT2D eigenvalue weighted by molar-refractivity contribution is 7.90. The Labute approximate surface area is 310 Å². The Morgan fingerprint density at radius 3 is 2.75 bits per heavy atom.